The van der Waals surface area contributed by atoms with E-state index in [-0.39, 0.29) is 12.7 Å². The number of hydrogen-bond acceptors (Lipinski definition) is 6. The molecule has 1 saturated heterocycles. The monoisotopic (exact) mass is 402 g/mol. The summed E-state index contributed by atoms with van der Waals surface area (Å²) in [6.45, 7) is 4.56. The third-order valence-electron chi connectivity index (χ3n) is 5.53. The summed E-state index contributed by atoms with van der Waals surface area (Å²) in [7, 11) is 1.95. The van der Waals surface area contributed by atoms with E-state index in [9.17, 15) is 4.79 Å². The number of fused-ring (bicyclic) bond motifs is 1. The van der Waals surface area contributed by atoms with Crippen molar-refractivity contribution in [2.75, 3.05) is 12.5 Å². The Hall–Kier alpha value is -2.22. The summed E-state index contributed by atoms with van der Waals surface area (Å²) in [5, 5.41) is 9.37. The lowest BCUT2D eigenvalue weighted by atomic mass is 9.98. The number of benzene rings is 1. The summed E-state index contributed by atoms with van der Waals surface area (Å²) in [4.78, 5) is 14.8. The average molecular weight is 403 g/mol. The van der Waals surface area contributed by atoms with Crippen molar-refractivity contribution in [2.24, 2.45) is 7.05 Å². The van der Waals surface area contributed by atoms with Crippen LogP contribution < -0.4 is 9.47 Å². The molecule has 4 rings (SSSR count). The molecule has 0 N–H and O–H groups in total. The molecule has 0 aliphatic carbocycles. The maximum absolute atomic E-state index is 12.7. The first kappa shape index (κ1) is 19.1. The van der Waals surface area contributed by atoms with E-state index in [1.165, 1.54) is 18.2 Å². The lowest BCUT2D eigenvalue weighted by molar-refractivity contribution is -0.134. The smallest absolute Gasteiger partial charge is 0.233 e. The molecule has 2 aliphatic heterocycles. The minimum atomic E-state index is 0.185. The molecule has 1 amide bonds. The van der Waals surface area contributed by atoms with Crippen molar-refractivity contribution in [3.8, 4) is 11.5 Å². The molecule has 1 aromatic heterocycles. The number of piperidine rings is 1. The van der Waals surface area contributed by atoms with Crippen LogP contribution in [-0.2, 0) is 18.3 Å². The topological polar surface area (TPSA) is 69.5 Å². The van der Waals surface area contributed by atoms with Gasteiger partial charge in [-0.1, -0.05) is 17.8 Å². The third kappa shape index (κ3) is 3.83. The van der Waals surface area contributed by atoms with E-state index in [1.807, 2.05) is 34.7 Å². The van der Waals surface area contributed by atoms with Crippen LogP contribution in [0.1, 0.15) is 44.5 Å². The fraction of sp³-hybridized carbons (Fsp3) is 0.550. The maximum Gasteiger partial charge on any atom is 0.233 e. The predicted molar refractivity (Wildman–Crippen MR) is 107 cm³/mol. The van der Waals surface area contributed by atoms with Gasteiger partial charge in [0.15, 0.2) is 16.7 Å². The number of carbonyl (C=O) groups is 1. The van der Waals surface area contributed by atoms with Crippen molar-refractivity contribution in [3.63, 3.8) is 0 Å². The molecule has 150 valence electrons. The zero-order valence-electron chi connectivity index (χ0n) is 16.6. The number of aromatic nitrogens is 3. The molecular formula is C20H26N4O3S. The van der Waals surface area contributed by atoms with Crippen LogP contribution in [0.2, 0.25) is 0 Å². The van der Waals surface area contributed by atoms with Crippen molar-refractivity contribution in [1.29, 1.82) is 0 Å². The second-order valence-electron chi connectivity index (χ2n) is 7.54. The van der Waals surface area contributed by atoms with Gasteiger partial charge < -0.3 is 18.9 Å². The first-order valence-electron chi connectivity index (χ1n) is 9.73. The molecule has 2 unspecified atom stereocenters. The van der Waals surface area contributed by atoms with Crippen molar-refractivity contribution < 1.29 is 14.3 Å². The number of carbonyl (C=O) groups excluding carboxylic acids is 1. The summed E-state index contributed by atoms with van der Waals surface area (Å²) in [5.41, 5.74) is 1.09. The van der Waals surface area contributed by atoms with Gasteiger partial charge in [-0.05, 0) is 50.8 Å². The van der Waals surface area contributed by atoms with Gasteiger partial charge in [-0.3, -0.25) is 4.79 Å². The summed E-state index contributed by atoms with van der Waals surface area (Å²) < 4.78 is 12.8. The molecule has 0 saturated carbocycles. The quantitative estimate of drug-likeness (QED) is 0.716. The van der Waals surface area contributed by atoms with Crippen molar-refractivity contribution >= 4 is 17.7 Å². The lowest BCUT2D eigenvalue weighted by Gasteiger charge is -2.39. The van der Waals surface area contributed by atoms with Crippen molar-refractivity contribution in [3.05, 3.63) is 29.6 Å². The van der Waals surface area contributed by atoms with E-state index in [1.54, 1.807) is 0 Å². The summed E-state index contributed by atoms with van der Waals surface area (Å²) in [6, 6.07) is 6.55. The molecule has 1 fully saturated rings. The maximum atomic E-state index is 12.7. The fourth-order valence-corrected chi connectivity index (χ4v) is 4.77. The number of amides is 1. The Morgan fingerprint density at radius 1 is 1.18 bits per heavy atom. The Labute approximate surface area is 169 Å². The average Bonchev–Trinajstić information content (AvgIpc) is 3.27. The van der Waals surface area contributed by atoms with Gasteiger partial charge >= 0.3 is 0 Å². The number of thioether (sulfide) groups is 1. The van der Waals surface area contributed by atoms with E-state index in [0.29, 0.717) is 24.3 Å². The molecule has 3 heterocycles. The Morgan fingerprint density at radius 3 is 2.71 bits per heavy atom. The molecule has 1 aromatic carbocycles. The van der Waals surface area contributed by atoms with Crippen LogP contribution >= 0.6 is 11.8 Å². The van der Waals surface area contributed by atoms with E-state index in [2.05, 4.69) is 24.0 Å². The SMILES string of the molecule is CC1CCCC(C)N1C(=O)CSc1nnc(Cc2ccc3c(c2)OCO3)n1C. The molecule has 0 bridgehead atoms. The van der Waals surface area contributed by atoms with Crippen LogP contribution in [0.25, 0.3) is 0 Å². The summed E-state index contributed by atoms with van der Waals surface area (Å²) in [5.74, 6) is 2.98. The molecule has 2 aromatic rings. The number of nitrogens with zero attached hydrogens (tertiary/aromatic N) is 4. The van der Waals surface area contributed by atoms with Gasteiger partial charge in [0.1, 0.15) is 5.82 Å². The van der Waals surface area contributed by atoms with Gasteiger partial charge in [0.05, 0.1) is 5.75 Å². The number of ether oxygens (including phenoxy) is 2. The highest BCUT2D eigenvalue weighted by Crippen LogP contribution is 2.33. The van der Waals surface area contributed by atoms with Crippen LogP contribution in [0.5, 0.6) is 11.5 Å². The van der Waals surface area contributed by atoms with Crippen LogP contribution in [0.4, 0.5) is 0 Å². The zero-order chi connectivity index (χ0) is 19.7. The Balaban J connectivity index is 1.39. The molecule has 8 heteroatoms. The normalized spacial score (nSPS) is 21.2. The second kappa shape index (κ2) is 8.03. The van der Waals surface area contributed by atoms with Gasteiger partial charge in [0.25, 0.3) is 0 Å². The number of rotatable bonds is 5. The predicted octanol–water partition coefficient (Wildman–Crippen LogP) is 3.02. The minimum Gasteiger partial charge on any atom is -0.454 e. The lowest BCUT2D eigenvalue weighted by Crippen LogP contribution is -2.48. The Bertz CT molecular complexity index is 859. The number of likely N-dealkylation sites (tertiary alicyclic amines) is 1. The highest BCUT2D eigenvalue weighted by Gasteiger charge is 2.29. The third-order valence-corrected chi connectivity index (χ3v) is 6.54. The first-order valence-corrected chi connectivity index (χ1v) is 10.7. The van der Waals surface area contributed by atoms with Crippen LogP contribution in [0.3, 0.4) is 0 Å². The van der Waals surface area contributed by atoms with Crippen molar-refractivity contribution in [1.82, 2.24) is 19.7 Å². The van der Waals surface area contributed by atoms with Crippen molar-refractivity contribution in [2.45, 2.75) is 56.8 Å². The largest absolute Gasteiger partial charge is 0.454 e. The molecular weight excluding hydrogens is 376 g/mol. The van der Waals surface area contributed by atoms with Crippen LogP contribution in [0, 0.1) is 0 Å². The van der Waals surface area contributed by atoms with Gasteiger partial charge in [-0.25, -0.2) is 0 Å². The molecule has 2 atom stereocenters. The first-order chi connectivity index (χ1) is 13.5. The van der Waals surface area contributed by atoms with E-state index >= 15 is 0 Å². The van der Waals surface area contributed by atoms with Gasteiger partial charge in [-0.15, -0.1) is 10.2 Å². The molecule has 0 radical (unpaired) electrons. The fourth-order valence-electron chi connectivity index (χ4n) is 3.97. The number of hydrogen-bond donors (Lipinski definition) is 0. The molecule has 28 heavy (non-hydrogen) atoms. The summed E-state index contributed by atoms with van der Waals surface area (Å²) >= 11 is 1.46. The van der Waals surface area contributed by atoms with Gasteiger partial charge in [0.2, 0.25) is 12.7 Å². The molecule has 2 aliphatic rings. The van der Waals surface area contributed by atoms with E-state index in [0.717, 1.165) is 40.9 Å². The van der Waals surface area contributed by atoms with E-state index in [4.69, 9.17) is 9.47 Å². The van der Waals surface area contributed by atoms with Crippen LogP contribution in [-0.4, -0.2) is 50.2 Å². The second-order valence-corrected chi connectivity index (χ2v) is 8.48. The standard InChI is InChI=1S/C20H26N4O3S/c1-13-5-4-6-14(2)24(13)19(25)11-28-20-22-21-18(23(20)3)10-15-7-8-16-17(9-15)27-12-26-16/h7-9,13-14H,4-6,10-12H2,1-3H3. The van der Waals surface area contributed by atoms with Crippen LogP contribution in [0.15, 0.2) is 23.4 Å². The highest BCUT2D eigenvalue weighted by atomic mass is 32.2. The Kier molecular flexibility index (Phi) is 5.48. The summed E-state index contributed by atoms with van der Waals surface area (Å²) in [6.07, 6.45) is 4.02. The zero-order valence-corrected chi connectivity index (χ0v) is 17.4. The minimum absolute atomic E-state index is 0.185. The highest BCUT2D eigenvalue weighted by molar-refractivity contribution is 7.99. The van der Waals surface area contributed by atoms with Gasteiger partial charge in [-0.2, -0.15) is 0 Å². The molecule has 0 spiro atoms. The van der Waals surface area contributed by atoms with Gasteiger partial charge in [0, 0.05) is 25.6 Å². The van der Waals surface area contributed by atoms with E-state index < -0.39 is 0 Å². The Morgan fingerprint density at radius 2 is 1.93 bits per heavy atom. The molecule has 7 nitrogen and oxygen atoms in total.